The summed E-state index contributed by atoms with van der Waals surface area (Å²) in [5.41, 5.74) is 1.34. The summed E-state index contributed by atoms with van der Waals surface area (Å²) in [6, 6.07) is 1.81. The van der Waals surface area contributed by atoms with Crippen LogP contribution in [0.1, 0.15) is 43.9 Å². The first-order valence-electron chi connectivity index (χ1n) is 6.82. The van der Waals surface area contributed by atoms with Crippen molar-refractivity contribution in [1.29, 1.82) is 0 Å². The number of nitrogens with zero attached hydrogens (tertiary/aromatic N) is 2. The number of rotatable bonds is 4. The number of thiazole rings is 1. The predicted molar refractivity (Wildman–Crippen MR) is 86.1 cm³/mol. The average molecular weight is 321 g/mol. The third-order valence-electron chi connectivity index (χ3n) is 2.61. The molecule has 2 rings (SSSR count). The number of aromatic amines is 1. The van der Waals surface area contributed by atoms with Crippen LogP contribution in [-0.4, -0.2) is 27.0 Å². The lowest BCUT2D eigenvalue weighted by Crippen LogP contribution is -2.13. The van der Waals surface area contributed by atoms with Crippen LogP contribution in [0.2, 0.25) is 0 Å². The minimum Gasteiger partial charge on any atom is -0.304 e. The normalized spacial score (nSPS) is 11.3. The van der Waals surface area contributed by atoms with Gasteiger partial charge in [-0.1, -0.05) is 20.8 Å². The monoisotopic (exact) mass is 321 g/mol. The molecule has 7 nitrogen and oxygen atoms in total. The molecule has 118 valence electrons. The van der Waals surface area contributed by atoms with Gasteiger partial charge in [0.1, 0.15) is 5.69 Å². The van der Waals surface area contributed by atoms with Crippen molar-refractivity contribution < 1.29 is 9.59 Å². The van der Waals surface area contributed by atoms with Crippen molar-refractivity contribution in [3.63, 3.8) is 0 Å². The maximum atomic E-state index is 12.1. The van der Waals surface area contributed by atoms with Crippen molar-refractivity contribution in [2.24, 2.45) is 5.41 Å². The van der Waals surface area contributed by atoms with E-state index in [0.717, 1.165) is 12.1 Å². The van der Waals surface area contributed by atoms with Gasteiger partial charge in [-0.2, -0.15) is 5.10 Å². The largest absolute Gasteiger partial charge is 0.304 e. The van der Waals surface area contributed by atoms with Crippen LogP contribution in [0.4, 0.5) is 10.9 Å². The highest BCUT2D eigenvalue weighted by Gasteiger charge is 2.16. The van der Waals surface area contributed by atoms with Crippen LogP contribution in [0.5, 0.6) is 0 Å². The van der Waals surface area contributed by atoms with E-state index in [4.69, 9.17) is 0 Å². The van der Waals surface area contributed by atoms with Crippen molar-refractivity contribution in [2.75, 3.05) is 10.6 Å². The van der Waals surface area contributed by atoms with E-state index in [9.17, 15) is 9.59 Å². The SMILES string of the molecule is CC(=O)Nc1nc(C(=O)Nc2cc(CC(C)(C)C)[nH]n2)cs1. The number of nitrogens with one attached hydrogen (secondary N) is 3. The first-order valence-corrected chi connectivity index (χ1v) is 7.70. The molecular formula is C14H19N5O2S. The van der Waals surface area contributed by atoms with Gasteiger partial charge in [0.15, 0.2) is 10.9 Å². The summed E-state index contributed by atoms with van der Waals surface area (Å²) in [5, 5.41) is 14.2. The minimum absolute atomic E-state index is 0.135. The number of H-pyrrole nitrogens is 1. The molecule has 0 aliphatic heterocycles. The van der Waals surface area contributed by atoms with E-state index >= 15 is 0 Å². The van der Waals surface area contributed by atoms with Gasteiger partial charge in [-0.05, 0) is 11.8 Å². The van der Waals surface area contributed by atoms with Crippen LogP contribution in [0.3, 0.4) is 0 Å². The average Bonchev–Trinajstić information content (AvgIpc) is 2.96. The van der Waals surface area contributed by atoms with Gasteiger partial charge in [-0.15, -0.1) is 11.3 Å². The smallest absolute Gasteiger partial charge is 0.276 e. The van der Waals surface area contributed by atoms with Gasteiger partial charge in [-0.3, -0.25) is 14.7 Å². The summed E-state index contributed by atoms with van der Waals surface area (Å²) in [4.78, 5) is 27.1. The Hall–Kier alpha value is -2.22. The second-order valence-corrected chi connectivity index (χ2v) is 7.05. The molecule has 0 unspecified atom stereocenters. The number of aromatic nitrogens is 3. The highest BCUT2D eigenvalue weighted by Crippen LogP contribution is 2.21. The lowest BCUT2D eigenvalue weighted by Gasteiger charge is -2.15. The lowest BCUT2D eigenvalue weighted by molar-refractivity contribution is -0.114. The van der Waals surface area contributed by atoms with Gasteiger partial charge in [0.05, 0.1) is 0 Å². The fourth-order valence-corrected chi connectivity index (χ4v) is 2.59. The molecule has 0 fully saturated rings. The van der Waals surface area contributed by atoms with Crippen molar-refractivity contribution in [3.05, 3.63) is 22.8 Å². The van der Waals surface area contributed by atoms with Crippen LogP contribution >= 0.6 is 11.3 Å². The molecule has 0 saturated heterocycles. The quantitative estimate of drug-likeness (QED) is 0.806. The molecule has 0 spiro atoms. The molecule has 3 N–H and O–H groups in total. The zero-order valence-electron chi connectivity index (χ0n) is 13.0. The fourth-order valence-electron chi connectivity index (χ4n) is 1.85. The highest BCUT2D eigenvalue weighted by atomic mass is 32.1. The molecule has 0 bridgehead atoms. The molecule has 0 aromatic carbocycles. The van der Waals surface area contributed by atoms with Crippen molar-refractivity contribution in [3.8, 4) is 0 Å². The summed E-state index contributed by atoms with van der Waals surface area (Å²) < 4.78 is 0. The molecular weight excluding hydrogens is 302 g/mol. The summed E-state index contributed by atoms with van der Waals surface area (Å²) in [6.45, 7) is 7.78. The van der Waals surface area contributed by atoms with Gasteiger partial charge in [0.2, 0.25) is 5.91 Å². The van der Waals surface area contributed by atoms with Crippen molar-refractivity contribution >= 4 is 34.1 Å². The maximum absolute atomic E-state index is 12.1. The third-order valence-corrected chi connectivity index (χ3v) is 3.37. The van der Waals surface area contributed by atoms with Crippen molar-refractivity contribution in [1.82, 2.24) is 15.2 Å². The van der Waals surface area contributed by atoms with Crippen LogP contribution in [0, 0.1) is 5.41 Å². The molecule has 0 aliphatic carbocycles. The van der Waals surface area contributed by atoms with E-state index < -0.39 is 0 Å². The number of hydrogen-bond donors (Lipinski definition) is 3. The molecule has 2 aromatic rings. The standard InChI is InChI=1S/C14H19N5O2S/c1-8(20)15-13-16-10(7-22-13)12(21)17-11-5-9(18-19-11)6-14(2,3)4/h5,7H,6H2,1-4H3,(H,15,16,20)(H2,17,18,19,21). The van der Waals surface area contributed by atoms with Crippen LogP contribution in [0.25, 0.3) is 0 Å². The Balaban J connectivity index is 2.00. The first kappa shape index (κ1) is 16.2. The summed E-state index contributed by atoms with van der Waals surface area (Å²) >= 11 is 1.20. The van der Waals surface area contributed by atoms with Crippen LogP contribution < -0.4 is 10.6 Å². The predicted octanol–water partition coefficient (Wildman–Crippen LogP) is 2.67. The Morgan fingerprint density at radius 2 is 2.05 bits per heavy atom. The van der Waals surface area contributed by atoms with Crippen molar-refractivity contribution in [2.45, 2.75) is 34.1 Å². The Bertz CT molecular complexity index is 683. The molecule has 2 amide bonds. The van der Waals surface area contributed by atoms with E-state index in [1.807, 2.05) is 6.07 Å². The zero-order valence-corrected chi connectivity index (χ0v) is 13.8. The van der Waals surface area contributed by atoms with Gasteiger partial charge >= 0.3 is 0 Å². The van der Waals surface area contributed by atoms with Gasteiger partial charge in [0.25, 0.3) is 5.91 Å². The molecule has 8 heteroatoms. The van der Waals surface area contributed by atoms with E-state index in [2.05, 4.69) is 46.6 Å². The molecule has 2 heterocycles. The maximum Gasteiger partial charge on any atom is 0.276 e. The number of amides is 2. The second kappa shape index (κ2) is 6.27. The van der Waals surface area contributed by atoms with E-state index in [1.165, 1.54) is 18.3 Å². The number of hydrogen-bond acceptors (Lipinski definition) is 5. The Morgan fingerprint density at radius 3 is 2.68 bits per heavy atom. The van der Waals surface area contributed by atoms with Crippen LogP contribution in [0.15, 0.2) is 11.4 Å². The summed E-state index contributed by atoms with van der Waals surface area (Å²) in [6.07, 6.45) is 0.833. The van der Waals surface area contributed by atoms with Crippen LogP contribution in [-0.2, 0) is 11.2 Å². The van der Waals surface area contributed by atoms with Gasteiger partial charge in [-0.25, -0.2) is 4.98 Å². The van der Waals surface area contributed by atoms with Gasteiger partial charge in [0, 0.05) is 24.1 Å². The van der Waals surface area contributed by atoms with E-state index in [1.54, 1.807) is 5.38 Å². The number of anilines is 2. The Labute approximate surface area is 132 Å². The van der Waals surface area contributed by atoms with Gasteiger partial charge < -0.3 is 10.6 Å². The zero-order chi connectivity index (χ0) is 16.3. The third kappa shape index (κ3) is 4.66. The topological polar surface area (TPSA) is 99.8 Å². The lowest BCUT2D eigenvalue weighted by atomic mass is 9.91. The molecule has 2 aromatic heterocycles. The minimum atomic E-state index is -0.360. The molecule has 22 heavy (non-hydrogen) atoms. The Kier molecular flexibility index (Phi) is 4.60. The van der Waals surface area contributed by atoms with E-state index in [-0.39, 0.29) is 22.9 Å². The second-order valence-electron chi connectivity index (χ2n) is 6.19. The van der Waals surface area contributed by atoms with E-state index in [0.29, 0.717) is 10.9 Å². The Morgan fingerprint density at radius 1 is 1.32 bits per heavy atom. The molecule has 0 saturated carbocycles. The molecule has 0 radical (unpaired) electrons. The molecule has 0 aliphatic rings. The highest BCUT2D eigenvalue weighted by molar-refractivity contribution is 7.14. The molecule has 0 atom stereocenters. The summed E-state index contributed by atoms with van der Waals surface area (Å²) in [5.74, 6) is -0.125. The number of carbonyl (C=O) groups excluding carboxylic acids is 2. The fraction of sp³-hybridized carbons (Fsp3) is 0.429. The first-order chi connectivity index (χ1) is 10.2. The number of carbonyl (C=O) groups is 2. The summed E-state index contributed by atoms with van der Waals surface area (Å²) in [7, 11) is 0.